The number of thiocarbonyl (C=S) groups is 1. The van der Waals surface area contributed by atoms with E-state index in [2.05, 4.69) is 0 Å². The van der Waals surface area contributed by atoms with Crippen LogP contribution >= 0.6 is 24.0 Å². The van der Waals surface area contributed by atoms with Gasteiger partial charge in [-0.1, -0.05) is 43.4 Å². The molecule has 0 aromatic heterocycles. The molecule has 0 aliphatic heterocycles. The molecule has 1 aromatic carbocycles. The Bertz CT molecular complexity index is 403. The van der Waals surface area contributed by atoms with Crippen LogP contribution in [0.5, 0.6) is 0 Å². The number of nitrogens with two attached hydrogens (primary N) is 1. The molecule has 0 saturated carbocycles. The first-order valence-corrected chi connectivity index (χ1v) is 6.73. The summed E-state index contributed by atoms with van der Waals surface area (Å²) in [6, 6.07) is 7.58. The van der Waals surface area contributed by atoms with Gasteiger partial charge in [0.05, 0.1) is 0 Å². The maximum absolute atomic E-state index is 10.8. The van der Waals surface area contributed by atoms with Crippen molar-refractivity contribution in [3.63, 3.8) is 0 Å². The van der Waals surface area contributed by atoms with E-state index in [0.29, 0.717) is 17.2 Å². The molecule has 0 aliphatic rings. The van der Waals surface area contributed by atoms with Gasteiger partial charge in [0.25, 0.3) is 0 Å². The third-order valence-corrected chi connectivity index (χ3v) is 4.01. The molecule has 1 unspecified atom stereocenters. The monoisotopic (exact) mass is 269 g/mol. The molecule has 0 amide bonds. The van der Waals surface area contributed by atoms with E-state index in [0.717, 1.165) is 11.1 Å². The quantitative estimate of drug-likeness (QED) is 0.777. The maximum atomic E-state index is 10.8. The lowest BCUT2D eigenvalue weighted by molar-refractivity contribution is -0.136. The van der Waals surface area contributed by atoms with Gasteiger partial charge in [-0.2, -0.15) is 0 Å². The van der Waals surface area contributed by atoms with Gasteiger partial charge in [-0.25, -0.2) is 0 Å². The lowest BCUT2D eigenvalue weighted by Gasteiger charge is -2.09. The number of carboxylic acid groups (broad SMARTS) is 1. The fourth-order valence-corrected chi connectivity index (χ4v) is 2.43. The highest BCUT2D eigenvalue weighted by Crippen LogP contribution is 2.20. The molecular weight excluding hydrogens is 254 g/mol. The Hall–Kier alpha value is -1.07. The summed E-state index contributed by atoms with van der Waals surface area (Å²) in [5.41, 5.74) is 7.41. The van der Waals surface area contributed by atoms with Crippen LogP contribution in [0.1, 0.15) is 24.5 Å². The van der Waals surface area contributed by atoms with Crippen molar-refractivity contribution >= 4 is 34.9 Å². The van der Waals surface area contributed by atoms with E-state index in [1.54, 1.807) is 0 Å². The van der Waals surface area contributed by atoms with Crippen LogP contribution in [-0.4, -0.2) is 21.3 Å². The standard InChI is InChI=1S/C12H15NO2S2/c1-2-10(12(14)15)17-7-8-3-5-9(6-4-8)11(13)16/h3-6,10H,2,7H2,1H3,(H2,13,16)(H,14,15). The molecule has 5 heteroatoms. The van der Waals surface area contributed by atoms with E-state index >= 15 is 0 Å². The van der Waals surface area contributed by atoms with E-state index in [1.165, 1.54) is 11.8 Å². The lowest BCUT2D eigenvalue weighted by atomic mass is 10.1. The molecule has 0 fully saturated rings. The first-order valence-electron chi connectivity index (χ1n) is 5.27. The highest BCUT2D eigenvalue weighted by Gasteiger charge is 2.14. The maximum Gasteiger partial charge on any atom is 0.316 e. The molecule has 0 saturated heterocycles. The Balaban J connectivity index is 2.58. The topological polar surface area (TPSA) is 63.3 Å². The van der Waals surface area contributed by atoms with Gasteiger partial charge in [0.1, 0.15) is 10.2 Å². The fraction of sp³-hybridized carbons (Fsp3) is 0.333. The van der Waals surface area contributed by atoms with Crippen molar-refractivity contribution in [3.05, 3.63) is 35.4 Å². The third kappa shape index (κ3) is 4.36. The van der Waals surface area contributed by atoms with Gasteiger partial charge in [0.2, 0.25) is 0 Å². The third-order valence-electron chi connectivity index (χ3n) is 2.34. The van der Waals surface area contributed by atoms with Gasteiger partial charge in [0, 0.05) is 11.3 Å². The zero-order valence-corrected chi connectivity index (χ0v) is 11.2. The van der Waals surface area contributed by atoms with E-state index in [4.69, 9.17) is 23.1 Å². The second-order valence-corrected chi connectivity index (χ2v) is 5.24. The van der Waals surface area contributed by atoms with Crippen LogP contribution in [0.2, 0.25) is 0 Å². The molecule has 0 bridgehead atoms. The molecule has 1 rings (SSSR count). The van der Waals surface area contributed by atoms with Crippen molar-refractivity contribution in [2.24, 2.45) is 5.73 Å². The second-order valence-electron chi connectivity index (χ2n) is 3.61. The molecule has 17 heavy (non-hydrogen) atoms. The molecule has 1 atom stereocenters. The zero-order chi connectivity index (χ0) is 12.8. The number of benzene rings is 1. The van der Waals surface area contributed by atoms with E-state index in [9.17, 15) is 4.79 Å². The van der Waals surface area contributed by atoms with E-state index in [1.807, 2.05) is 31.2 Å². The average molecular weight is 269 g/mol. The number of hydrogen-bond donors (Lipinski definition) is 2. The number of carbonyl (C=O) groups is 1. The minimum Gasteiger partial charge on any atom is -0.480 e. The van der Waals surface area contributed by atoms with Gasteiger partial charge >= 0.3 is 5.97 Å². The zero-order valence-electron chi connectivity index (χ0n) is 9.55. The van der Waals surface area contributed by atoms with Gasteiger partial charge in [-0.05, 0) is 12.0 Å². The molecule has 1 aromatic rings. The predicted molar refractivity (Wildman–Crippen MR) is 75.3 cm³/mol. The summed E-state index contributed by atoms with van der Waals surface area (Å²) >= 11 is 6.29. The van der Waals surface area contributed by atoms with Crippen LogP contribution in [0.25, 0.3) is 0 Å². The predicted octanol–water partition coefficient (Wildman–Crippen LogP) is 2.42. The van der Waals surface area contributed by atoms with Crippen molar-refractivity contribution in [2.75, 3.05) is 0 Å². The normalized spacial score (nSPS) is 12.1. The summed E-state index contributed by atoms with van der Waals surface area (Å²) in [6.07, 6.45) is 0.630. The average Bonchev–Trinajstić information content (AvgIpc) is 2.30. The molecular formula is C12H15NO2S2. The van der Waals surface area contributed by atoms with Crippen molar-refractivity contribution in [2.45, 2.75) is 24.3 Å². The highest BCUT2D eigenvalue weighted by molar-refractivity contribution is 7.99. The van der Waals surface area contributed by atoms with Crippen molar-refractivity contribution < 1.29 is 9.90 Å². The molecule has 0 aliphatic carbocycles. The van der Waals surface area contributed by atoms with Crippen LogP contribution in [0.15, 0.2) is 24.3 Å². The molecule has 3 nitrogen and oxygen atoms in total. The Kier molecular flexibility index (Phi) is 5.44. The summed E-state index contributed by atoms with van der Waals surface area (Å²) in [5, 5.41) is 8.57. The van der Waals surface area contributed by atoms with E-state index < -0.39 is 5.97 Å². The van der Waals surface area contributed by atoms with Crippen molar-refractivity contribution in [1.82, 2.24) is 0 Å². The van der Waals surface area contributed by atoms with Gasteiger partial charge in [-0.15, -0.1) is 11.8 Å². The Morgan fingerprint density at radius 2 is 2.06 bits per heavy atom. The Morgan fingerprint density at radius 1 is 1.47 bits per heavy atom. The van der Waals surface area contributed by atoms with Crippen LogP contribution in [-0.2, 0) is 10.5 Å². The second kappa shape index (κ2) is 6.61. The van der Waals surface area contributed by atoms with Crippen LogP contribution in [0.4, 0.5) is 0 Å². The summed E-state index contributed by atoms with van der Waals surface area (Å²) < 4.78 is 0. The first-order chi connectivity index (χ1) is 8.04. The van der Waals surface area contributed by atoms with Crippen LogP contribution in [0.3, 0.4) is 0 Å². The Labute approximate surface area is 110 Å². The van der Waals surface area contributed by atoms with Crippen molar-refractivity contribution in [3.8, 4) is 0 Å². The van der Waals surface area contributed by atoms with Crippen molar-refractivity contribution in [1.29, 1.82) is 0 Å². The smallest absolute Gasteiger partial charge is 0.316 e. The number of carboxylic acids is 1. The van der Waals surface area contributed by atoms with Gasteiger partial charge in [0.15, 0.2) is 0 Å². The molecule has 0 spiro atoms. The number of hydrogen-bond acceptors (Lipinski definition) is 3. The SMILES string of the molecule is CCC(SCc1ccc(C(N)=S)cc1)C(=O)O. The number of thioether (sulfide) groups is 1. The molecule has 0 heterocycles. The number of rotatable bonds is 6. The lowest BCUT2D eigenvalue weighted by Crippen LogP contribution is -2.15. The van der Waals surface area contributed by atoms with E-state index in [-0.39, 0.29) is 5.25 Å². The molecule has 0 radical (unpaired) electrons. The summed E-state index contributed by atoms with van der Waals surface area (Å²) in [5.74, 6) is -0.0696. The Morgan fingerprint density at radius 3 is 2.47 bits per heavy atom. The summed E-state index contributed by atoms with van der Waals surface area (Å²) in [7, 11) is 0. The van der Waals surface area contributed by atoms with Crippen LogP contribution < -0.4 is 5.73 Å². The van der Waals surface area contributed by atoms with Gasteiger partial charge in [-0.3, -0.25) is 4.79 Å². The molecule has 3 N–H and O–H groups in total. The first kappa shape index (κ1) is 14.0. The number of aliphatic carboxylic acids is 1. The largest absolute Gasteiger partial charge is 0.480 e. The highest BCUT2D eigenvalue weighted by atomic mass is 32.2. The van der Waals surface area contributed by atoms with Crippen LogP contribution in [0, 0.1) is 0 Å². The minimum atomic E-state index is -0.753. The summed E-state index contributed by atoms with van der Waals surface area (Å²) in [6.45, 7) is 1.88. The van der Waals surface area contributed by atoms with Gasteiger partial charge < -0.3 is 10.8 Å². The molecule has 92 valence electrons. The summed E-state index contributed by atoms with van der Waals surface area (Å²) in [4.78, 5) is 11.2. The fourth-order valence-electron chi connectivity index (χ4n) is 1.33. The minimum absolute atomic E-state index is 0.342.